The molecule has 0 atom stereocenters. The molecule has 0 aromatic carbocycles. The van der Waals surface area contributed by atoms with Gasteiger partial charge in [-0.1, -0.05) is 17.4 Å². The van der Waals surface area contributed by atoms with Crippen molar-refractivity contribution in [1.29, 1.82) is 0 Å². The minimum absolute atomic E-state index is 0.391. The number of aryl methyl sites for hydroxylation is 1. The van der Waals surface area contributed by atoms with Crippen molar-refractivity contribution in [1.82, 2.24) is 19.8 Å². The molecule has 10 heteroatoms. The van der Waals surface area contributed by atoms with Crippen LogP contribution >= 0.6 is 22.7 Å². The van der Waals surface area contributed by atoms with Crippen LogP contribution in [0.4, 0.5) is 10.1 Å². The van der Waals surface area contributed by atoms with Crippen molar-refractivity contribution >= 4 is 44.4 Å². The van der Waals surface area contributed by atoms with Gasteiger partial charge in [0, 0.05) is 6.20 Å². The largest absolute Gasteiger partial charge is 0.323 e. The summed E-state index contributed by atoms with van der Waals surface area (Å²) in [7, 11) is 0. The monoisotopic (exact) mass is 384 g/mol. The van der Waals surface area contributed by atoms with Crippen LogP contribution < -0.4 is 10.7 Å². The number of rotatable bonds is 5. The topological polar surface area (TPSA) is 101 Å². The Bertz CT molecular complexity index is 1110. The van der Waals surface area contributed by atoms with Gasteiger partial charge in [0.2, 0.25) is 0 Å². The van der Waals surface area contributed by atoms with E-state index in [-0.39, 0.29) is 0 Å². The number of hydrogen-bond acceptors (Lipinski definition) is 8. The van der Waals surface area contributed by atoms with Gasteiger partial charge < -0.3 is 5.32 Å². The van der Waals surface area contributed by atoms with Crippen LogP contribution in [0.3, 0.4) is 0 Å². The van der Waals surface area contributed by atoms with E-state index in [0.29, 0.717) is 10.0 Å². The van der Waals surface area contributed by atoms with Gasteiger partial charge in [-0.25, -0.2) is 15.4 Å². The van der Waals surface area contributed by atoms with Gasteiger partial charge in [-0.2, -0.15) is 0 Å². The molecule has 4 aromatic rings. The second-order valence-corrected chi connectivity index (χ2v) is 7.41. The molecule has 0 unspecified atom stereocenters. The molecule has 0 spiro atoms. The summed E-state index contributed by atoms with van der Waals surface area (Å²) in [6.45, 7) is 1.95. The summed E-state index contributed by atoms with van der Waals surface area (Å²) < 4.78 is 2.02. The molecule has 0 radical (unpaired) electrons. The van der Waals surface area contributed by atoms with E-state index in [1.54, 1.807) is 12.1 Å². The Balaban J connectivity index is 1.61. The van der Waals surface area contributed by atoms with Crippen LogP contribution in [0.15, 0.2) is 48.0 Å². The van der Waals surface area contributed by atoms with E-state index >= 15 is 0 Å². The maximum Gasteiger partial charge on any atom is 0.284 e. The Morgan fingerprint density at radius 1 is 1.23 bits per heavy atom. The van der Waals surface area contributed by atoms with E-state index in [9.17, 15) is 9.70 Å². The van der Waals surface area contributed by atoms with E-state index in [0.717, 1.165) is 26.9 Å². The zero-order valence-corrected chi connectivity index (χ0v) is 15.1. The quantitative estimate of drug-likeness (QED) is 0.400. The van der Waals surface area contributed by atoms with E-state index in [1.165, 1.54) is 22.7 Å². The highest BCUT2D eigenvalue weighted by atomic mass is 32.1. The van der Waals surface area contributed by atoms with Crippen LogP contribution in [0, 0.1) is 11.8 Å². The van der Waals surface area contributed by atoms with Gasteiger partial charge >= 0.3 is 0 Å². The first-order chi connectivity index (χ1) is 12.7. The standard InChI is InChI=1S/C16H12N6O2S2/c1-9-14(10-8-17-12-4-2-3-7-22(10)12)26-16(18-9)19-13-6-5-11(25-13)15(23)20-21-24/h2-8H,1H3,(H,18,19)(H,20,23,24). The Morgan fingerprint density at radius 2 is 2.12 bits per heavy atom. The highest BCUT2D eigenvalue weighted by Crippen LogP contribution is 2.35. The molecule has 0 aliphatic rings. The molecule has 130 valence electrons. The summed E-state index contributed by atoms with van der Waals surface area (Å²) in [6.07, 6.45) is 3.80. The lowest BCUT2D eigenvalue weighted by Gasteiger charge is -1.99. The smallest absolute Gasteiger partial charge is 0.284 e. The lowest BCUT2D eigenvalue weighted by molar-refractivity contribution is 0.0958. The van der Waals surface area contributed by atoms with Crippen molar-refractivity contribution in [2.45, 2.75) is 6.92 Å². The van der Waals surface area contributed by atoms with Crippen molar-refractivity contribution in [3.05, 3.63) is 58.2 Å². The Kier molecular flexibility index (Phi) is 4.19. The fourth-order valence-electron chi connectivity index (χ4n) is 2.52. The number of anilines is 2. The van der Waals surface area contributed by atoms with Gasteiger partial charge in [-0.3, -0.25) is 9.20 Å². The number of imidazole rings is 1. The van der Waals surface area contributed by atoms with E-state index in [2.05, 4.69) is 20.6 Å². The molecule has 8 nitrogen and oxygen atoms in total. The number of hydrogen-bond donors (Lipinski definition) is 2. The zero-order valence-electron chi connectivity index (χ0n) is 13.5. The summed E-state index contributed by atoms with van der Waals surface area (Å²) in [4.78, 5) is 32.1. The molecular formula is C16H12N6O2S2. The van der Waals surface area contributed by atoms with Gasteiger partial charge in [0.1, 0.15) is 5.65 Å². The number of amides is 1. The molecule has 0 saturated heterocycles. The minimum atomic E-state index is -0.528. The summed E-state index contributed by atoms with van der Waals surface area (Å²) >= 11 is 2.73. The van der Waals surface area contributed by atoms with Crippen molar-refractivity contribution in [3.8, 4) is 10.6 Å². The molecule has 4 rings (SSSR count). The molecule has 4 heterocycles. The fraction of sp³-hybridized carbons (Fsp3) is 0.0625. The summed E-state index contributed by atoms with van der Waals surface area (Å²) in [6, 6.07) is 9.24. The molecule has 0 saturated carbocycles. The number of carbonyl (C=O) groups excluding carboxylic acids is 1. The van der Waals surface area contributed by atoms with E-state index in [1.807, 2.05) is 47.3 Å². The summed E-state index contributed by atoms with van der Waals surface area (Å²) in [5.41, 5.74) is 4.63. The first kappa shape index (κ1) is 16.4. The third-order valence-electron chi connectivity index (χ3n) is 3.65. The predicted molar refractivity (Wildman–Crippen MR) is 102 cm³/mol. The van der Waals surface area contributed by atoms with Crippen LogP contribution in [-0.2, 0) is 0 Å². The van der Waals surface area contributed by atoms with E-state index in [4.69, 9.17) is 0 Å². The third-order valence-corrected chi connectivity index (χ3v) is 5.75. The Hall–Kier alpha value is -3.11. The van der Waals surface area contributed by atoms with Crippen LogP contribution in [-0.4, -0.2) is 20.3 Å². The maximum atomic E-state index is 11.6. The molecular weight excluding hydrogens is 372 g/mol. The average molecular weight is 384 g/mol. The van der Waals surface area contributed by atoms with Crippen LogP contribution in [0.1, 0.15) is 15.4 Å². The summed E-state index contributed by atoms with van der Waals surface area (Å²) in [5.74, 6) is -0.528. The normalized spacial score (nSPS) is 10.8. The summed E-state index contributed by atoms with van der Waals surface area (Å²) in [5, 5.41) is 7.05. The number of pyridine rings is 1. The number of thiazole rings is 1. The van der Waals surface area contributed by atoms with Crippen LogP contribution in [0.25, 0.3) is 16.2 Å². The Labute approximate surface area is 155 Å². The molecule has 26 heavy (non-hydrogen) atoms. The average Bonchev–Trinajstić information content (AvgIpc) is 3.34. The number of fused-ring (bicyclic) bond motifs is 1. The molecule has 0 aliphatic heterocycles. The number of nitrogens with zero attached hydrogens (tertiary/aromatic N) is 4. The highest BCUT2D eigenvalue weighted by molar-refractivity contribution is 7.20. The first-order valence-corrected chi connectivity index (χ1v) is 9.18. The molecule has 4 aromatic heterocycles. The maximum absolute atomic E-state index is 11.6. The third kappa shape index (κ3) is 2.95. The number of aromatic nitrogens is 3. The first-order valence-electron chi connectivity index (χ1n) is 7.55. The van der Waals surface area contributed by atoms with E-state index < -0.39 is 5.91 Å². The molecule has 0 bridgehead atoms. The van der Waals surface area contributed by atoms with Gasteiger partial charge in [0.15, 0.2) is 5.13 Å². The van der Waals surface area contributed by atoms with Crippen molar-refractivity contribution in [2.24, 2.45) is 5.29 Å². The molecule has 1 amide bonds. The number of nitroso groups, excluding NO2 is 1. The van der Waals surface area contributed by atoms with Crippen molar-refractivity contribution in [2.75, 3.05) is 5.32 Å². The van der Waals surface area contributed by atoms with Crippen LogP contribution in [0.5, 0.6) is 0 Å². The molecule has 0 fully saturated rings. The second-order valence-electron chi connectivity index (χ2n) is 5.33. The van der Waals surface area contributed by atoms with Gasteiger partial charge in [-0.05, 0) is 31.2 Å². The zero-order chi connectivity index (χ0) is 18.1. The molecule has 2 N–H and O–H groups in total. The highest BCUT2D eigenvalue weighted by Gasteiger charge is 2.15. The Morgan fingerprint density at radius 3 is 2.96 bits per heavy atom. The number of thiophene rings is 1. The molecule has 0 aliphatic carbocycles. The second kappa shape index (κ2) is 6.65. The van der Waals surface area contributed by atoms with Crippen molar-refractivity contribution in [3.63, 3.8) is 0 Å². The SMILES string of the molecule is Cc1nc(Nc2ccc(C(=O)NN=O)s2)sc1-c1cnc2ccccn12. The van der Waals surface area contributed by atoms with Crippen molar-refractivity contribution < 1.29 is 4.79 Å². The van der Waals surface area contributed by atoms with Gasteiger partial charge in [0.25, 0.3) is 5.91 Å². The fourth-order valence-corrected chi connectivity index (χ4v) is 4.36. The van der Waals surface area contributed by atoms with Gasteiger partial charge in [-0.15, -0.1) is 16.2 Å². The van der Waals surface area contributed by atoms with Crippen LogP contribution in [0.2, 0.25) is 0 Å². The van der Waals surface area contributed by atoms with Gasteiger partial charge in [0.05, 0.1) is 37.6 Å². The minimum Gasteiger partial charge on any atom is -0.323 e. The predicted octanol–water partition coefficient (Wildman–Crippen LogP) is 3.98. The lowest BCUT2D eigenvalue weighted by atomic mass is 10.3. The number of carbonyl (C=O) groups is 1. The number of nitrogens with one attached hydrogen (secondary N) is 2. The lowest BCUT2D eigenvalue weighted by Crippen LogP contribution is -2.14.